The van der Waals surface area contributed by atoms with E-state index in [-0.39, 0.29) is 12.3 Å². The lowest BCUT2D eigenvalue weighted by molar-refractivity contribution is -0.118. The molecule has 1 amide bonds. The number of nitrogen functional groups attached to an aromatic ring is 1. The number of ether oxygens (including phenoxy) is 1. The van der Waals surface area contributed by atoms with E-state index in [0.717, 1.165) is 4.90 Å². The van der Waals surface area contributed by atoms with Gasteiger partial charge in [0.25, 0.3) is 5.91 Å². The number of carbonyl (C=O) groups is 1. The van der Waals surface area contributed by atoms with Gasteiger partial charge in [-0.3, -0.25) is 4.79 Å². The van der Waals surface area contributed by atoms with Gasteiger partial charge in [0.15, 0.2) is 6.61 Å². The van der Waals surface area contributed by atoms with E-state index in [1.165, 1.54) is 18.2 Å². The third-order valence-electron chi connectivity index (χ3n) is 2.72. The Morgan fingerprint density at radius 2 is 2.00 bits per heavy atom. The molecule has 0 aliphatic rings. The molecule has 2 aromatic rings. The van der Waals surface area contributed by atoms with Crippen LogP contribution in [-0.2, 0) is 4.79 Å². The average molecular weight is 306 g/mol. The first-order valence-corrected chi connectivity index (χ1v) is 7.42. The van der Waals surface area contributed by atoms with E-state index < -0.39 is 11.7 Å². The van der Waals surface area contributed by atoms with E-state index in [1.54, 1.807) is 23.9 Å². The Morgan fingerprint density at radius 3 is 2.67 bits per heavy atom. The Hall–Kier alpha value is -2.21. The van der Waals surface area contributed by atoms with Crippen LogP contribution in [0, 0.1) is 5.82 Å². The van der Waals surface area contributed by atoms with Crippen molar-refractivity contribution >= 4 is 29.0 Å². The second kappa shape index (κ2) is 6.99. The summed E-state index contributed by atoms with van der Waals surface area (Å²) in [5, 5.41) is 2.51. The Morgan fingerprint density at radius 1 is 1.29 bits per heavy atom. The summed E-state index contributed by atoms with van der Waals surface area (Å²) < 4.78 is 18.4. The number of benzene rings is 2. The van der Waals surface area contributed by atoms with Crippen molar-refractivity contribution in [3.8, 4) is 5.75 Å². The molecule has 4 nitrogen and oxygen atoms in total. The van der Waals surface area contributed by atoms with Crippen molar-refractivity contribution in [3.63, 3.8) is 0 Å². The highest BCUT2D eigenvalue weighted by atomic mass is 32.2. The van der Waals surface area contributed by atoms with Crippen molar-refractivity contribution in [2.45, 2.75) is 4.90 Å². The first-order chi connectivity index (χ1) is 10.1. The maximum Gasteiger partial charge on any atom is 0.262 e. The van der Waals surface area contributed by atoms with Gasteiger partial charge in [-0.05, 0) is 48.7 Å². The lowest BCUT2D eigenvalue weighted by atomic mass is 10.2. The zero-order chi connectivity index (χ0) is 15.2. The SMILES string of the molecule is CSc1ccc(OCC(=O)Nc2cc(F)ccc2N)cc1. The average Bonchev–Trinajstić information content (AvgIpc) is 2.49. The van der Waals surface area contributed by atoms with Crippen LogP contribution in [0.4, 0.5) is 15.8 Å². The highest BCUT2D eigenvalue weighted by Gasteiger charge is 2.07. The first kappa shape index (κ1) is 15.2. The first-order valence-electron chi connectivity index (χ1n) is 6.20. The number of carbonyl (C=O) groups excluding carboxylic acids is 1. The largest absolute Gasteiger partial charge is 0.484 e. The molecular weight excluding hydrogens is 291 g/mol. The molecule has 6 heteroatoms. The molecule has 0 atom stereocenters. The molecule has 0 aliphatic carbocycles. The molecular formula is C15H15FN2O2S. The number of halogens is 1. The summed E-state index contributed by atoms with van der Waals surface area (Å²) in [6, 6.07) is 11.2. The van der Waals surface area contributed by atoms with Crippen LogP contribution >= 0.6 is 11.8 Å². The standard InChI is InChI=1S/C15H15FN2O2S/c1-21-12-5-3-11(4-6-12)20-9-15(19)18-14-8-10(16)2-7-13(14)17/h2-8H,9,17H2,1H3,(H,18,19). The minimum atomic E-state index is -0.465. The third-order valence-corrected chi connectivity index (χ3v) is 3.46. The second-order valence-electron chi connectivity index (χ2n) is 4.24. The van der Waals surface area contributed by atoms with Gasteiger partial charge in [-0.25, -0.2) is 4.39 Å². The smallest absolute Gasteiger partial charge is 0.262 e. The fourth-order valence-electron chi connectivity index (χ4n) is 1.64. The number of hydrogen-bond donors (Lipinski definition) is 2. The molecule has 0 fully saturated rings. The van der Waals surface area contributed by atoms with Crippen LogP contribution in [0.2, 0.25) is 0 Å². The van der Waals surface area contributed by atoms with Crippen molar-refractivity contribution in [3.05, 3.63) is 48.3 Å². The molecule has 0 saturated heterocycles. The highest BCUT2D eigenvalue weighted by molar-refractivity contribution is 7.98. The fraction of sp³-hybridized carbons (Fsp3) is 0.133. The summed E-state index contributed by atoms with van der Waals surface area (Å²) in [6.07, 6.45) is 1.98. The number of amides is 1. The van der Waals surface area contributed by atoms with E-state index >= 15 is 0 Å². The van der Waals surface area contributed by atoms with E-state index in [4.69, 9.17) is 10.5 Å². The van der Waals surface area contributed by atoms with Gasteiger partial charge >= 0.3 is 0 Å². The second-order valence-corrected chi connectivity index (χ2v) is 5.12. The minimum absolute atomic E-state index is 0.172. The van der Waals surface area contributed by atoms with Crippen LogP contribution < -0.4 is 15.8 Å². The zero-order valence-corrected chi connectivity index (χ0v) is 12.2. The molecule has 3 N–H and O–H groups in total. The molecule has 0 bridgehead atoms. The predicted molar refractivity (Wildman–Crippen MR) is 83.2 cm³/mol. The molecule has 21 heavy (non-hydrogen) atoms. The number of nitrogens with two attached hydrogens (primary N) is 1. The molecule has 0 spiro atoms. The molecule has 0 saturated carbocycles. The Kier molecular flexibility index (Phi) is 5.05. The summed E-state index contributed by atoms with van der Waals surface area (Å²) in [5.41, 5.74) is 6.19. The molecule has 0 aromatic heterocycles. The van der Waals surface area contributed by atoms with Crippen molar-refractivity contribution in [2.24, 2.45) is 0 Å². The van der Waals surface area contributed by atoms with Crippen LogP contribution in [0.1, 0.15) is 0 Å². The monoisotopic (exact) mass is 306 g/mol. The van der Waals surface area contributed by atoms with Gasteiger partial charge in [-0.15, -0.1) is 11.8 Å². The van der Waals surface area contributed by atoms with Gasteiger partial charge in [0.05, 0.1) is 11.4 Å². The van der Waals surface area contributed by atoms with E-state index in [1.807, 2.05) is 18.4 Å². The van der Waals surface area contributed by atoms with Gasteiger partial charge < -0.3 is 15.8 Å². The van der Waals surface area contributed by atoms with E-state index in [9.17, 15) is 9.18 Å². The molecule has 2 aromatic carbocycles. The van der Waals surface area contributed by atoms with Crippen molar-refractivity contribution in [1.82, 2.24) is 0 Å². The summed E-state index contributed by atoms with van der Waals surface area (Å²) in [6.45, 7) is -0.172. The topological polar surface area (TPSA) is 64.3 Å². The summed E-state index contributed by atoms with van der Waals surface area (Å²) >= 11 is 1.62. The zero-order valence-electron chi connectivity index (χ0n) is 11.4. The number of thioether (sulfide) groups is 1. The van der Waals surface area contributed by atoms with Gasteiger partial charge in [0, 0.05) is 4.90 Å². The third kappa shape index (κ3) is 4.39. The normalized spacial score (nSPS) is 10.2. The van der Waals surface area contributed by atoms with Crippen LogP contribution in [0.3, 0.4) is 0 Å². The molecule has 0 unspecified atom stereocenters. The molecule has 2 rings (SSSR count). The lowest BCUT2D eigenvalue weighted by Gasteiger charge is -2.09. The Bertz CT molecular complexity index is 632. The summed E-state index contributed by atoms with van der Waals surface area (Å²) in [5.74, 6) is -0.274. The highest BCUT2D eigenvalue weighted by Crippen LogP contribution is 2.20. The lowest BCUT2D eigenvalue weighted by Crippen LogP contribution is -2.20. The van der Waals surface area contributed by atoms with Crippen molar-refractivity contribution < 1.29 is 13.9 Å². The molecule has 0 heterocycles. The molecule has 0 aliphatic heterocycles. The van der Waals surface area contributed by atoms with E-state index in [0.29, 0.717) is 11.4 Å². The quantitative estimate of drug-likeness (QED) is 0.658. The number of anilines is 2. The Balaban J connectivity index is 1.91. The van der Waals surface area contributed by atoms with E-state index in [2.05, 4.69) is 5.32 Å². The van der Waals surface area contributed by atoms with Gasteiger partial charge in [0.2, 0.25) is 0 Å². The molecule has 110 valence electrons. The van der Waals surface area contributed by atoms with Crippen LogP contribution in [0.25, 0.3) is 0 Å². The molecule has 0 radical (unpaired) electrons. The van der Waals surface area contributed by atoms with Crippen molar-refractivity contribution in [2.75, 3.05) is 23.9 Å². The number of hydrogen-bond acceptors (Lipinski definition) is 4. The predicted octanol–water partition coefficient (Wildman–Crippen LogP) is 3.15. The van der Waals surface area contributed by atoms with Gasteiger partial charge in [0.1, 0.15) is 11.6 Å². The maximum absolute atomic E-state index is 13.1. The maximum atomic E-state index is 13.1. The summed E-state index contributed by atoms with van der Waals surface area (Å²) in [4.78, 5) is 12.9. The van der Waals surface area contributed by atoms with Gasteiger partial charge in [-0.2, -0.15) is 0 Å². The number of rotatable bonds is 5. The van der Waals surface area contributed by atoms with Crippen molar-refractivity contribution in [1.29, 1.82) is 0 Å². The van der Waals surface area contributed by atoms with Crippen LogP contribution in [0.5, 0.6) is 5.75 Å². The fourth-order valence-corrected chi connectivity index (χ4v) is 2.05. The Labute approximate surface area is 126 Å². The van der Waals surface area contributed by atoms with Gasteiger partial charge in [-0.1, -0.05) is 0 Å². The minimum Gasteiger partial charge on any atom is -0.484 e. The van der Waals surface area contributed by atoms with Crippen LogP contribution in [0.15, 0.2) is 47.4 Å². The number of nitrogens with one attached hydrogen (secondary N) is 1. The van der Waals surface area contributed by atoms with Crippen LogP contribution in [-0.4, -0.2) is 18.8 Å². The summed E-state index contributed by atoms with van der Waals surface area (Å²) in [7, 11) is 0.